The number of aryl methyl sites for hydroxylation is 1. The highest BCUT2D eigenvalue weighted by molar-refractivity contribution is 7.15. The van der Waals surface area contributed by atoms with E-state index in [0.29, 0.717) is 12.3 Å². The maximum absolute atomic E-state index is 12.7. The van der Waals surface area contributed by atoms with Crippen molar-refractivity contribution in [2.45, 2.75) is 51.6 Å². The minimum Gasteiger partial charge on any atom is -0.338 e. The van der Waals surface area contributed by atoms with Crippen LogP contribution in [0.1, 0.15) is 49.2 Å². The summed E-state index contributed by atoms with van der Waals surface area (Å²) in [6.07, 6.45) is 3.83. The van der Waals surface area contributed by atoms with Gasteiger partial charge in [0.2, 0.25) is 5.91 Å². The standard InChI is InChI=1S/C20H27N3OS.2ClH/c1-13-19(25-20(22-13)15-8-5-4-6-9-15)14(2)23(3)18(24)12-16-10-7-11-17(16)21;;/h4-6,8-9,14,16-17H,7,10-12,21H2,1-3H3;2*1H/t14?,16-,17+;;/m0../s1. The molecule has 1 aromatic heterocycles. The summed E-state index contributed by atoms with van der Waals surface area (Å²) in [5.74, 6) is 0.522. The van der Waals surface area contributed by atoms with Crippen molar-refractivity contribution in [1.29, 1.82) is 0 Å². The molecule has 2 N–H and O–H groups in total. The number of hydrogen-bond donors (Lipinski definition) is 1. The molecular weight excluding hydrogens is 401 g/mol. The largest absolute Gasteiger partial charge is 0.338 e. The fourth-order valence-electron chi connectivity index (χ4n) is 3.58. The van der Waals surface area contributed by atoms with E-state index in [0.717, 1.165) is 40.4 Å². The summed E-state index contributed by atoms with van der Waals surface area (Å²) >= 11 is 1.68. The van der Waals surface area contributed by atoms with Crippen molar-refractivity contribution in [2.75, 3.05) is 7.05 Å². The van der Waals surface area contributed by atoms with Crippen molar-refractivity contribution in [3.8, 4) is 10.6 Å². The normalized spacial score (nSPS) is 19.7. The Balaban J connectivity index is 0.00000182. The van der Waals surface area contributed by atoms with E-state index in [1.807, 2.05) is 37.1 Å². The maximum atomic E-state index is 12.7. The molecular formula is C20H29Cl2N3OS. The van der Waals surface area contributed by atoms with Gasteiger partial charge in [-0.05, 0) is 32.6 Å². The van der Waals surface area contributed by atoms with E-state index < -0.39 is 0 Å². The van der Waals surface area contributed by atoms with E-state index in [2.05, 4.69) is 19.1 Å². The van der Waals surface area contributed by atoms with Crippen molar-refractivity contribution in [2.24, 2.45) is 11.7 Å². The summed E-state index contributed by atoms with van der Waals surface area (Å²) in [5, 5.41) is 1.01. The van der Waals surface area contributed by atoms with Crippen molar-refractivity contribution >= 4 is 42.1 Å². The number of carbonyl (C=O) groups excluding carboxylic acids is 1. The highest BCUT2D eigenvalue weighted by Gasteiger charge is 2.29. The molecule has 1 aromatic carbocycles. The van der Waals surface area contributed by atoms with Gasteiger partial charge in [-0.25, -0.2) is 4.98 Å². The van der Waals surface area contributed by atoms with Crippen LogP contribution >= 0.6 is 36.2 Å². The molecule has 4 nitrogen and oxygen atoms in total. The average Bonchev–Trinajstić information content (AvgIpc) is 3.20. The molecule has 0 spiro atoms. The SMILES string of the molecule is Cc1nc(-c2ccccc2)sc1C(C)N(C)C(=O)C[C@@H]1CCC[C@H]1N.Cl.Cl. The second-order valence-electron chi connectivity index (χ2n) is 7.07. The second kappa shape index (κ2) is 10.4. The Bertz CT molecular complexity index is 738. The Hall–Kier alpha value is -1.14. The molecule has 2 aromatic rings. The van der Waals surface area contributed by atoms with Crippen molar-refractivity contribution < 1.29 is 4.79 Å². The number of halogens is 2. The molecule has 1 unspecified atom stereocenters. The summed E-state index contributed by atoms with van der Waals surface area (Å²) in [6.45, 7) is 4.11. The fourth-order valence-corrected chi connectivity index (χ4v) is 4.75. The molecule has 1 aliphatic rings. The third kappa shape index (κ3) is 5.44. The molecule has 3 rings (SSSR count). The van der Waals surface area contributed by atoms with Crippen LogP contribution < -0.4 is 5.73 Å². The van der Waals surface area contributed by atoms with E-state index in [9.17, 15) is 4.79 Å². The molecule has 1 aliphatic carbocycles. The van der Waals surface area contributed by atoms with E-state index in [4.69, 9.17) is 10.7 Å². The molecule has 1 amide bonds. The molecule has 0 radical (unpaired) electrons. The van der Waals surface area contributed by atoms with E-state index in [1.54, 1.807) is 11.3 Å². The van der Waals surface area contributed by atoms with Gasteiger partial charge in [-0.2, -0.15) is 0 Å². The Labute approximate surface area is 178 Å². The Morgan fingerprint density at radius 2 is 1.96 bits per heavy atom. The summed E-state index contributed by atoms with van der Waals surface area (Å²) in [4.78, 5) is 20.4. The predicted octanol–water partition coefficient (Wildman–Crippen LogP) is 5.00. The van der Waals surface area contributed by atoms with E-state index in [-0.39, 0.29) is 42.8 Å². The van der Waals surface area contributed by atoms with E-state index >= 15 is 0 Å². The second-order valence-corrected chi connectivity index (χ2v) is 8.10. The van der Waals surface area contributed by atoms with Gasteiger partial charge in [-0.15, -0.1) is 36.2 Å². The summed E-state index contributed by atoms with van der Waals surface area (Å²) < 4.78 is 0. The van der Waals surface area contributed by atoms with Gasteiger partial charge in [0, 0.05) is 25.1 Å². The first-order chi connectivity index (χ1) is 12.0. The molecule has 1 saturated carbocycles. The first-order valence-electron chi connectivity index (χ1n) is 9.01. The zero-order chi connectivity index (χ0) is 18.0. The van der Waals surface area contributed by atoms with Crippen LogP contribution in [0.2, 0.25) is 0 Å². The first-order valence-corrected chi connectivity index (χ1v) is 9.83. The van der Waals surface area contributed by atoms with Gasteiger partial charge in [0.25, 0.3) is 0 Å². The molecule has 150 valence electrons. The number of aromatic nitrogens is 1. The number of amides is 1. The molecule has 1 fully saturated rings. The molecule has 0 bridgehead atoms. The molecule has 27 heavy (non-hydrogen) atoms. The predicted molar refractivity (Wildman–Crippen MR) is 118 cm³/mol. The Morgan fingerprint density at radius 1 is 1.30 bits per heavy atom. The lowest BCUT2D eigenvalue weighted by molar-refractivity contribution is -0.132. The number of rotatable bonds is 5. The summed E-state index contributed by atoms with van der Waals surface area (Å²) in [6, 6.07) is 10.4. The average molecular weight is 430 g/mol. The van der Waals surface area contributed by atoms with Crippen molar-refractivity contribution in [1.82, 2.24) is 9.88 Å². The van der Waals surface area contributed by atoms with Crippen LogP contribution in [0.4, 0.5) is 0 Å². The quantitative estimate of drug-likeness (QED) is 0.726. The monoisotopic (exact) mass is 429 g/mol. The molecule has 3 atom stereocenters. The van der Waals surface area contributed by atoms with Crippen LogP contribution in [0.5, 0.6) is 0 Å². The van der Waals surface area contributed by atoms with Crippen LogP contribution in [-0.2, 0) is 4.79 Å². The van der Waals surface area contributed by atoms with Crippen LogP contribution in [0.15, 0.2) is 30.3 Å². The zero-order valence-electron chi connectivity index (χ0n) is 16.1. The van der Waals surface area contributed by atoms with Gasteiger partial charge < -0.3 is 10.6 Å². The zero-order valence-corrected chi connectivity index (χ0v) is 18.5. The first kappa shape index (κ1) is 23.9. The lowest BCUT2D eigenvalue weighted by atomic mass is 9.99. The maximum Gasteiger partial charge on any atom is 0.223 e. The van der Waals surface area contributed by atoms with E-state index in [1.165, 1.54) is 0 Å². The van der Waals surface area contributed by atoms with Gasteiger partial charge in [0.15, 0.2) is 0 Å². The number of nitrogens with zero attached hydrogens (tertiary/aromatic N) is 2. The Morgan fingerprint density at radius 3 is 2.56 bits per heavy atom. The minimum absolute atomic E-state index is 0. The fraction of sp³-hybridized carbons (Fsp3) is 0.500. The number of thiazole rings is 1. The number of carbonyl (C=O) groups is 1. The van der Waals surface area contributed by atoms with Crippen LogP contribution in [0, 0.1) is 12.8 Å². The summed E-state index contributed by atoms with van der Waals surface area (Å²) in [5.41, 5.74) is 8.26. The number of hydrogen-bond acceptors (Lipinski definition) is 4. The molecule has 7 heteroatoms. The molecule has 0 aliphatic heterocycles. The van der Waals surface area contributed by atoms with Gasteiger partial charge >= 0.3 is 0 Å². The van der Waals surface area contributed by atoms with Crippen molar-refractivity contribution in [3.63, 3.8) is 0 Å². The minimum atomic E-state index is 0. The van der Waals surface area contributed by atoms with Gasteiger partial charge in [0.1, 0.15) is 5.01 Å². The van der Waals surface area contributed by atoms with Gasteiger partial charge in [-0.1, -0.05) is 36.8 Å². The van der Waals surface area contributed by atoms with Crippen LogP contribution in [0.3, 0.4) is 0 Å². The highest BCUT2D eigenvalue weighted by Crippen LogP contribution is 2.35. The Kier molecular flexibility index (Phi) is 9.22. The van der Waals surface area contributed by atoms with Gasteiger partial charge in [0.05, 0.1) is 16.6 Å². The van der Waals surface area contributed by atoms with Crippen molar-refractivity contribution in [3.05, 3.63) is 40.9 Å². The third-order valence-electron chi connectivity index (χ3n) is 5.36. The van der Waals surface area contributed by atoms with Crippen LogP contribution in [0.25, 0.3) is 10.6 Å². The number of benzene rings is 1. The third-order valence-corrected chi connectivity index (χ3v) is 6.74. The molecule has 1 heterocycles. The van der Waals surface area contributed by atoms with Crippen LogP contribution in [-0.4, -0.2) is 28.9 Å². The number of nitrogens with two attached hydrogens (primary N) is 1. The lowest BCUT2D eigenvalue weighted by Gasteiger charge is -2.26. The van der Waals surface area contributed by atoms with Gasteiger partial charge in [-0.3, -0.25) is 4.79 Å². The smallest absolute Gasteiger partial charge is 0.223 e. The highest BCUT2D eigenvalue weighted by atomic mass is 35.5. The summed E-state index contributed by atoms with van der Waals surface area (Å²) in [7, 11) is 1.90. The topological polar surface area (TPSA) is 59.2 Å². The lowest BCUT2D eigenvalue weighted by Crippen LogP contribution is -2.34. The molecule has 0 saturated heterocycles.